The molecule has 1 saturated carbocycles. The van der Waals surface area contributed by atoms with Gasteiger partial charge in [0.05, 0.1) is 0 Å². The number of ether oxygens (including phenoxy) is 5. The minimum Gasteiger partial charge on any atom is -0.450 e. The second-order valence-electron chi connectivity index (χ2n) is 3.85. The number of rotatable bonds is 2. The van der Waals surface area contributed by atoms with Crippen molar-refractivity contribution in [1.29, 1.82) is 0 Å². The lowest BCUT2D eigenvalue weighted by molar-refractivity contribution is -0.0724. The summed E-state index contributed by atoms with van der Waals surface area (Å²) in [6.45, 7) is 0. The van der Waals surface area contributed by atoms with E-state index in [0.29, 0.717) is 0 Å². The molecule has 11 heteroatoms. The Labute approximate surface area is 109 Å². The van der Waals surface area contributed by atoms with Crippen LogP contribution in [0.5, 0.6) is 0 Å². The lowest BCUT2D eigenvalue weighted by atomic mass is 10.2. The Morgan fingerprint density at radius 2 is 1.65 bits per heavy atom. The summed E-state index contributed by atoms with van der Waals surface area (Å²) in [6, 6.07) is 0. The van der Waals surface area contributed by atoms with Gasteiger partial charge in [-0.3, -0.25) is 0 Å². The smallest absolute Gasteiger partial charge is 0.450 e. The first-order valence-electron chi connectivity index (χ1n) is 5.25. The molecule has 0 radical (unpaired) electrons. The molecule has 110 valence electrons. The number of carbonyl (C=O) groups is 4. The van der Waals surface area contributed by atoms with Gasteiger partial charge in [-0.05, 0) is 0 Å². The fourth-order valence-electron chi connectivity index (χ4n) is 2.03. The normalized spacial score (nSPS) is 32.0. The van der Waals surface area contributed by atoms with E-state index < -0.39 is 49.0 Å². The highest BCUT2D eigenvalue weighted by Gasteiger charge is 2.54. The summed E-state index contributed by atoms with van der Waals surface area (Å²) in [5.41, 5.74) is 0. The molecule has 11 nitrogen and oxygen atoms in total. The maximum atomic E-state index is 11.1. The van der Waals surface area contributed by atoms with Gasteiger partial charge in [-0.25, -0.2) is 19.2 Å². The van der Waals surface area contributed by atoms with E-state index in [1.165, 1.54) is 0 Å². The largest absolute Gasteiger partial charge is 0.519 e. The first-order chi connectivity index (χ1) is 9.36. The maximum Gasteiger partial charge on any atom is 0.519 e. The molecule has 1 aliphatic heterocycles. The first-order valence-corrected chi connectivity index (χ1v) is 5.25. The lowest BCUT2D eigenvalue weighted by Crippen LogP contribution is -2.40. The van der Waals surface area contributed by atoms with Crippen LogP contribution in [-0.2, 0) is 23.7 Å². The van der Waals surface area contributed by atoms with Gasteiger partial charge in [0.2, 0.25) is 0 Å². The van der Waals surface area contributed by atoms with Gasteiger partial charge in [0.25, 0.3) is 0 Å². The van der Waals surface area contributed by atoms with Crippen molar-refractivity contribution in [3.05, 3.63) is 0 Å². The Balaban J connectivity index is 2.21. The van der Waals surface area contributed by atoms with E-state index in [9.17, 15) is 19.2 Å². The second kappa shape index (κ2) is 5.11. The molecule has 1 heterocycles. The number of carbonyl (C=O) groups excluding carboxylic acids is 2. The van der Waals surface area contributed by atoms with Gasteiger partial charge >= 0.3 is 24.6 Å². The number of cyclic esters (lactones) is 2. The fraction of sp³-hybridized carbons (Fsp3) is 0.556. The van der Waals surface area contributed by atoms with Crippen LogP contribution in [0.25, 0.3) is 0 Å². The molecule has 0 aromatic carbocycles. The maximum absolute atomic E-state index is 11.1. The minimum atomic E-state index is -1.73. The van der Waals surface area contributed by atoms with Crippen molar-refractivity contribution in [2.24, 2.45) is 0 Å². The highest BCUT2D eigenvalue weighted by atomic mass is 16.8. The lowest BCUT2D eigenvalue weighted by Gasteiger charge is -2.21. The zero-order valence-electron chi connectivity index (χ0n) is 9.59. The van der Waals surface area contributed by atoms with Gasteiger partial charge in [0.15, 0.2) is 12.2 Å². The zero-order valence-corrected chi connectivity index (χ0v) is 9.59. The Morgan fingerprint density at radius 1 is 1.05 bits per heavy atom. The first kappa shape index (κ1) is 13.7. The number of hydrogen-bond donors (Lipinski definition) is 2. The third-order valence-corrected chi connectivity index (χ3v) is 2.66. The molecule has 2 rings (SSSR count). The standard InChI is InChI=1S/C9H8O11/c10-6(11)16-2-1-3-5(4(2)18-7(12)13)19-9(15)20-8(14)17-3/h2-5H,1H2,(H,10,11)(H,12,13). The van der Waals surface area contributed by atoms with Crippen molar-refractivity contribution >= 4 is 24.6 Å². The molecule has 0 aromatic rings. The van der Waals surface area contributed by atoms with Crippen molar-refractivity contribution in [3.63, 3.8) is 0 Å². The van der Waals surface area contributed by atoms with Crippen LogP contribution in [0.2, 0.25) is 0 Å². The third kappa shape index (κ3) is 2.81. The molecular formula is C9H8O11. The molecule has 4 unspecified atom stereocenters. The SMILES string of the molecule is O=C(O)OC1CC2OC(=O)OC(=O)OC2C1OC(=O)O. The zero-order chi connectivity index (χ0) is 14.9. The van der Waals surface area contributed by atoms with Crippen LogP contribution in [0.3, 0.4) is 0 Å². The van der Waals surface area contributed by atoms with Gasteiger partial charge in [0.1, 0.15) is 12.2 Å². The molecular weight excluding hydrogens is 284 g/mol. The summed E-state index contributed by atoms with van der Waals surface area (Å²) in [7, 11) is 0. The van der Waals surface area contributed by atoms with Crippen LogP contribution in [0.15, 0.2) is 0 Å². The van der Waals surface area contributed by atoms with E-state index in [0.717, 1.165) is 0 Å². The summed E-state index contributed by atoms with van der Waals surface area (Å²) in [4.78, 5) is 43.2. The number of fused-ring (bicyclic) bond motifs is 1. The third-order valence-electron chi connectivity index (χ3n) is 2.66. The minimum absolute atomic E-state index is 0.239. The second-order valence-corrected chi connectivity index (χ2v) is 3.85. The van der Waals surface area contributed by atoms with Crippen LogP contribution >= 0.6 is 0 Å². The van der Waals surface area contributed by atoms with Crippen LogP contribution in [-0.4, -0.2) is 59.3 Å². The molecule has 1 aliphatic carbocycles. The Bertz CT molecular complexity index is 457. The Morgan fingerprint density at radius 3 is 2.25 bits per heavy atom. The van der Waals surface area contributed by atoms with E-state index in [-0.39, 0.29) is 6.42 Å². The average Bonchev–Trinajstić information content (AvgIpc) is 2.50. The molecule has 1 saturated heterocycles. The summed E-state index contributed by atoms with van der Waals surface area (Å²) >= 11 is 0. The van der Waals surface area contributed by atoms with Gasteiger partial charge in [-0.15, -0.1) is 0 Å². The molecule has 0 aromatic heterocycles. The van der Waals surface area contributed by atoms with E-state index in [1.54, 1.807) is 0 Å². The van der Waals surface area contributed by atoms with E-state index in [2.05, 4.69) is 23.7 Å². The highest BCUT2D eigenvalue weighted by molar-refractivity contribution is 5.78. The van der Waals surface area contributed by atoms with E-state index in [1.807, 2.05) is 0 Å². The van der Waals surface area contributed by atoms with E-state index in [4.69, 9.17) is 10.2 Å². The molecule has 2 fully saturated rings. The van der Waals surface area contributed by atoms with Crippen LogP contribution < -0.4 is 0 Å². The van der Waals surface area contributed by atoms with Crippen molar-refractivity contribution in [1.82, 2.24) is 0 Å². The molecule has 0 amide bonds. The Kier molecular flexibility index (Phi) is 3.50. The Hall–Kier alpha value is -2.72. The van der Waals surface area contributed by atoms with Crippen molar-refractivity contribution in [3.8, 4) is 0 Å². The van der Waals surface area contributed by atoms with Crippen LogP contribution in [0.1, 0.15) is 6.42 Å². The fourth-order valence-corrected chi connectivity index (χ4v) is 2.03. The van der Waals surface area contributed by atoms with Crippen LogP contribution in [0.4, 0.5) is 19.2 Å². The van der Waals surface area contributed by atoms with Gasteiger partial charge < -0.3 is 33.9 Å². The monoisotopic (exact) mass is 292 g/mol. The van der Waals surface area contributed by atoms with Gasteiger partial charge in [-0.1, -0.05) is 0 Å². The van der Waals surface area contributed by atoms with Gasteiger partial charge in [0, 0.05) is 6.42 Å². The quantitative estimate of drug-likeness (QED) is 0.416. The molecule has 0 bridgehead atoms. The molecule has 4 atom stereocenters. The molecule has 2 N–H and O–H groups in total. The molecule has 0 spiro atoms. The number of carboxylic acid groups (broad SMARTS) is 2. The van der Waals surface area contributed by atoms with Crippen molar-refractivity contribution in [2.45, 2.75) is 30.8 Å². The van der Waals surface area contributed by atoms with Crippen molar-refractivity contribution in [2.75, 3.05) is 0 Å². The summed E-state index contributed by atoms with van der Waals surface area (Å²) in [5.74, 6) is 0. The van der Waals surface area contributed by atoms with Gasteiger partial charge in [-0.2, -0.15) is 0 Å². The van der Waals surface area contributed by atoms with Crippen molar-refractivity contribution < 1.29 is 53.1 Å². The predicted molar refractivity (Wildman–Crippen MR) is 52.0 cm³/mol. The predicted octanol–water partition coefficient (Wildman–Crippen LogP) is 0.557. The van der Waals surface area contributed by atoms with Crippen LogP contribution in [0, 0.1) is 0 Å². The highest BCUT2D eigenvalue weighted by Crippen LogP contribution is 2.33. The number of hydrogen-bond acceptors (Lipinski definition) is 9. The summed E-state index contributed by atoms with van der Waals surface area (Å²) in [5, 5.41) is 17.2. The molecule has 2 aliphatic rings. The summed E-state index contributed by atoms with van der Waals surface area (Å²) < 4.78 is 22.2. The average molecular weight is 292 g/mol. The van der Waals surface area contributed by atoms with E-state index >= 15 is 0 Å². The molecule has 20 heavy (non-hydrogen) atoms. The topological polar surface area (TPSA) is 155 Å². The summed E-state index contributed by atoms with van der Waals surface area (Å²) in [6.07, 6.45) is -11.6.